The standard InChI is InChI=1S/C26H23BrN4O4/c1-3-35-21-11-9-20(10-12-21)28-24(32)23-15-17-14-18(27)6-13-22(17)31(23)30-26(34)25(33)29-19-7-4-16(2)5-8-19/h4-15H,3H2,1-2H3,(H,28,32)(H,29,33)(H,30,34). The number of carbonyl (C=O) groups is 3. The van der Waals surface area contributed by atoms with E-state index in [2.05, 4.69) is 32.0 Å². The number of hydrogen-bond acceptors (Lipinski definition) is 4. The highest BCUT2D eigenvalue weighted by Gasteiger charge is 2.21. The van der Waals surface area contributed by atoms with Crippen LogP contribution in [-0.2, 0) is 9.59 Å². The summed E-state index contributed by atoms with van der Waals surface area (Å²) >= 11 is 3.42. The smallest absolute Gasteiger partial charge is 0.328 e. The Hall–Kier alpha value is -4.11. The first-order valence-electron chi connectivity index (χ1n) is 10.9. The maximum atomic E-state index is 13.1. The number of ether oxygens (including phenoxy) is 1. The molecule has 0 bridgehead atoms. The lowest BCUT2D eigenvalue weighted by Gasteiger charge is -2.13. The van der Waals surface area contributed by atoms with Gasteiger partial charge in [-0.15, -0.1) is 0 Å². The summed E-state index contributed by atoms with van der Waals surface area (Å²) in [5.41, 5.74) is 5.33. The van der Waals surface area contributed by atoms with Gasteiger partial charge in [0.1, 0.15) is 11.4 Å². The van der Waals surface area contributed by atoms with Gasteiger partial charge in [-0.25, -0.2) is 4.68 Å². The van der Waals surface area contributed by atoms with Gasteiger partial charge in [0, 0.05) is 21.2 Å². The first-order valence-corrected chi connectivity index (χ1v) is 11.7. The van der Waals surface area contributed by atoms with Gasteiger partial charge in [0.25, 0.3) is 5.91 Å². The summed E-state index contributed by atoms with van der Waals surface area (Å²) in [5.74, 6) is -1.54. The van der Waals surface area contributed by atoms with Gasteiger partial charge < -0.3 is 15.4 Å². The Kier molecular flexibility index (Phi) is 7.17. The highest BCUT2D eigenvalue weighted by Crippen LogP contribution is 2.24. The van der Waals surface area contributed by atoms with Crippen LogP contribution in [-0.4, -0.2) is 29.0 Å². The molecule has 3 N–H and O–H groups in total. The van der Waals surface area contributed by atoms with Gasteiger partial charge in [0.2, 0.25) is 0 Å². The topological polar surface area (TPSA) is 101 Å². The number of aryl methyl sites for hydroxylation is 1. The van der Waals surface area contributed by atoms with Crippen molar-refractivity contribution in [1.82, 2.24) is 4.68 Å². The van der Waals surface area contributed by atoms with E-state index in [1.54, 1.807) is 54.6 Å². The van der Waals surface area contributed by atoms with Crippen LogP contribution in [0.5, 0.6) is 5.75 Å². The monoisotopic (exact) mass is 534 g/mol. The molecule has 3 amide bonds. The lowest BCUT2D eigenvalue weighted by molar-refractivity contribution is -0.133. The van der Waals surface area contributed by atoms with Gasteiger partial charge >= 0.3 is 11.8 Å². The number of benzene rings is 3. The minimum Gasteiger partial charge on any atom is -0.494 e. The van der Waals surface area contributed by atoms with Crippen LogP contribution in [0, 0.1) is 6.92 Å². The van der Waals surface area contributed by atoms with Crippen molar-refractivity contribution in [1.29, 1.82) is 0 Å². The van der Waals surface area contributed by atoms with E-state index in [1.807, 2.05) is 32.0 Å². The average molecular weight is 535 g/mol. The fourth-order valence-electron chi connectivity index (χ4n) is 3.45. The second-order valence-corrected chi connectivity index (χ2v) is 8.66. The number of aromatic nitrogens is 1. The van der Waals surface area contributed by atoms with Gasteiger partial charge in [-0.1, -0.05) is 33.6 Å². The van der Waals surface area contributed by atoms with Gasteiger partial charge in [-0.2, -0.15) is 0 Å². The zero-order valence-electron chi connectivity index (χ0n) is 19.1. The normalized spacial score (nSPS) is 10.6. The lowest BCUT2D eigenvalue weighted by Crippen LogP contribution is -2.36. The Morgan fingerprint density at radius 2 is 1.51 bits per heavy atom. The number of nitrogens with zero attached hydrogens (tertiary/aromatic N) is 1. The molecule has 3 aromatic carbocycles. The first-order chi connectivity index (χ1) is 16.8. The van der Waals surface area contributed by atoms with Crippen LogP contribution in [0.15, 0.2) is 77.3 Å². The molecule has 0 aliphatic carbocycles. The number of nitrogens with one attached hydrogen (secondary N) is 3. The van der Waals surface area contributed by atoms with Crippen LogP contribution in [0.3, 0.4) is 0 Å². The molecule has 0 saturated carbocycles. The van der Waals surface area contributed by atoms with Crippen LogP contribution in [0.1, 0.15) is 23.0 Å². The van der Waals surface area contributed by atoms with E-state index in [0.29, 0.717) is 34.6 Å². The predicted molar refractivity (Wildman–Crippen MR) is 139 cm³/mol. The molecule has 35 heavy (non-hydrogen) atoms. The van der Waals surface area contributed by atoms with E-state index in [9.17, 15) is 14.4 Å². The minimum atomic E-state index is -0.916. The van der Waals surface area contributed by atoms with Crippen LogP contribution >= 0.6 is 15.9 Å². The number of rotatable bonds is 6. The summed E-state index contributed by atoms with van der Waals surface area (Å²) in [7, 11) is 0. The molecule has 0 atom stereocenters. The fraction of sp³-hybridized carbons (Fsp3) is 0.115. The summed E-state index contributed by atoms with van der Waals surface area (Å²) in [6, 6.07) is 21.0. The van der Waals surface area contributed by atoms with E-state index in [1.165, 1.54) is 4.68 Å². The number of fused-ring (bicyclic) bond motifs is 1. The second-order valence-electron chi connectivity index (χ2n) is 7.74. The van der Waals surface area contributed by atoms with Crippen molar-refractivity contribution in [3.63, 3.8) is 0 Å². The number of anilines is 2. The van der Waals surface area contributed by atoms with Crippen molar-refractivity contribution in [2.75, 3.05) is 22.7 Å². The summed E-state index contributed by atoms with van der Waals surface area (Å²) in [5, 5.41) is 6.07. The Labute approximate surface area is 210 Å². The maximum absolute atomic E-state index is 13.1. The molecule has 9 heteroatoms. The molecule has 8 nitrogen and oxygen atoms in total. The van der Waals surface area contributed by atoms with E-state index < -0.39 is 17.7 Å². The summed E-state index contributed by atoms with van der Waals surface area (Å²) in [4.78, 5) is 38.4. The van der Waals surface area contributed by atoms with E-state index in [-0.39, 0.29) is 5.69 Å². The molecule has 4 aromatic rings. The molecular weight excluding hydrogens is 512 g/mol. The van der Waals surface area contributed by atoms with Gasteiger partial charge in [-0.3, -0.25) is 19.8 Å². The third-order valence-electron chi connectivity index (χ3n) is 5.15. The summed E-state index contributed by atoms with van der Waals surface area (Å²) in [6.45, 7) is 4.36. The largest absolute Gasteiger partial charge is 0.494 e. The highest BCUT2D eigenvalue weighted by molar-refractivity contribution is 9.10. The zero-order valence-corrected chi connectivity index (χ0v) is 20.7. The summed E-state index contributed by atoms with van der Waals surface area (Å²) < 4.78 is 7.55. The van der Waals surface area contributed by atoms with Gasteiger partial charge in [0.05, 0.1) is 12.1 Å². The quantitative estimate of drug-likeness (QED) is 0.300. The molecule has 0 fully saturated rings. The van der Waals surface area contributed by atoms with Crippen LogP contribution in [0.2, 0.25) is 0 Å². The van der Waals surface area contributed by atoms with Crippen LogP contribution in [0.25, 0.3) is 10.9 Å². The second kappa shape index (κ2) is 10.4. The SMILES string of the molecule is CCOc1ccc(NC(=O)c2cc3cc(Br)ccc3n2NC(=O)C(=O)Nc2ccc(C)cc2)cc1. The molecule has 0 aliphatic rings. The number of carbonyl (C=O) groups excluding carboxylic acids is 3. The highest BCUT2D eigenvalue weighted by atomic mass is 79.9. The van der Waals surface area contributed by atoms with Crippen molar-refractivity contribution in [3.8, 4) is 5.75 Å². The third kappa shape index (κ3) is 5.70. The van der Waals surface area contributed by atoms with Crippen molar-refractivity contribution in [2.24, 2.45) is 0 Å². The van der Waals surface area contributed by atoms with Crippen molar-refractivity contribution in [2.45, 2.75) is 13.8 Å². The molecule has 0 radical (unpaired) electrons. The molecule has 178 valence electrons. The van der Waals surface area contributed by atoms with Crippen LogP contribution in [0.4, 0.5) is 11.4 Å². The molecule has 0 spiro atoms. The Balaban J connectivity index is 1.58. The number of halogens is 1. The molecule has 0 saturated heterocycles. The number of hydrogen-bond donors (Lipinski definition) is 3. The van der Waals surface area contributed by atoms with Crippen molar-refractivity contribution in [3.05, 3.63) is 88.5 Å². The Bertz CT molecular complexity index is 1400. The van der Waals surface area contributed by atoms with E-state index in [4.69, 9.17) is 4.74 Å². The third-order valence-corrected chi connectivity index (χ3v) is 5.64. The molecule has 0 unspecified atom stereocenters. The van der Waals surface area contributed by atoms with Crippen molar-refractivity contribution < 1.29 is 19.1 Å². The van der Waals surface area contributed by atoms with Crippen LogP contribution < -0.4 is 20.8 Å². The van der Waals surface area contributed by atoms with E-state index in [0.717, 1.165) is 10.0 Å². The van der Waals surface area contributed by atoms with Gasteiger partial charge in [0.15, 0.2) is 0 Å². The zero-order chi connectivity index (χ0) is 24.9. The molecule has 4 rings (SSSR count). The maximum Gasteiger partial charge on any atom is 0.328 e. The Morgan fingerprint density at radius 3 is 2.20 bits per heavy atom. The predicted octanol–water partition coefficient (Wildman–Crippen LogP) is 5.07. The molecule has 0 aliphatic heterocycles. The lowest BCUT2D eigenvalue weighted by atomic mass is 10.2. The number of amides is 3. The molecular formula is C26H23BrN4O4. The fourth-order valence-corrected chi connectivity index (χ4v) is 3.83. The molecule has 1 aromatic heterocycles. The minimum absolute atomic E-state index is 0.156. The molecule has 1 heterocycles. The van der Waals surface area contributed by atoms with E-state index >= 15 is 0 Å². The van der Waals surface area contributed by atoms with Crippen molar-refractivity contribution >= 4 is 55.9 Å². The summed E-state index contributed by atoms with van der Waals surface area (Å²) in [6.07, 6.45) is 0. The average Bonchev–Trinajstić information content (AvgIpc) is 3.19. The Morgan fingerprint density at radius 1 is 0.857 bits per heavy atom. The van der Waals surface area contributed by atoms with Gasteiger partial charge in [-0.05, 0) is 74.5 Å². The first kappa shape index (κ1) is 24.0.